The van der Waals surface area contributed by atoms with Crippen LogP contribution >= 0.6 is 0 Å². The Bertz CT molecular complexity index is 1190. The molecule has 7 nitrogen and oxygen atoms in total. The summed E-state index contributed by atoms with van der Waals surface area (Å²) in [4.78, 5) is 16.7. The molecule has 0 saturated carbocycles. The molecule has 0 atom stereocenters. The van der Waals surface area contributed by atoms with Crippen molar-refractivity contribution in [3.63, 3.8) is 0 Å². The first-order valence-corrected chi connectivity index (χ1v) is 9.60. The number of nitrogen functional groups attached to an aromatic ring is 1. The van der Waals surface area contributed by atoms with Gasteiger partial charge in [-0.25, -0.2) is 4.79 Å². The number of anilines is 2. The van der Waals surface area contributed by atoms with Crippen molar-refractivity contribution in [1.82, 2.24) is 4.98 Å². The van der Waals surface area contributed by atoms with E-state index in [4.69, 9.17) is 19.9 Å². The number of ether oxygens (including phenoxy) is 3. The van der Waals surface area contributed by atoms with Crippen LogP contribution in [-0.2, 0) is 11.3 Å². The Kier molecular flexibility index (Phi) is 5.84. The van der Waals surface area contributed by atoms with Crippen LogP contribution in [0.1, 0.15) is 5.56 Å². The van der Waals surface area contributed by atoms with Gasteiger partial charge in [-0.1, -0.05) is 30.3 Å². The highest BCUT2D eigenvalue weighted by Gasteiger charge is 2.14. The molecule has 1 heterocycles. The Morgan fingerprint density at radius 1 is 1.00 bits per heavy atom. The van der Waals surface area contributed by atoms with Crippen LogP contribution in [-0.4, -0.2) is 18.2 Å². The molecule has 0 aliphatic rings. The van der Waals surface area contributed by atoms with Gasteiger partial charge in [0, 0.05) is 23.3 Å². The van der Waals surface area contributed by atoms with Crippen molar-refractivity contribution in [2.45, 2.75) is 6.61 Å². The number of nitrogens with two attached hydrogens (primary N) is 1. The fraction of sp³-hybridized carbons (Fsp3) is 0.0833. The maximum Gasteiger partial charge on any atom is 0.412 e. The fourth-order valence-electron chi connectivity index (χ4n) is 3.04. The third-order valence-corrected chi connectivity index (χ3v) is 4.58. The second-order valence-corrected chi connectivity index (χ2v) is 6.74. The molecular formula is C24H21N3O4. The fourth-order valence-corrected chi connectivity index (χ4v) is 3.04. The zero-order chi connectivity index (χ0) is 21.6. The first-order chi connectivity index (χ1) is 15.1. The number of nitrogens with zero attached hydrogens (tertiary/aromatic N) is 1. The molecule has 0 aliphatic heterocycles. The topological polar surface area (TPSA) is 95.7 Å². The van der Waals surface area contributed by atoms with Gasteiger partial charge in [-0.15, -0.1) is 0 Å². The molecular weight excluding hydrogens is 394 g/mol. The summed E-state index contributed by atoms with van der Waals surface area (Å²) in [5, 5.41) is 3.44. The molecule has 0 fully saturated rings. The van der Waals surface area contributed by atoms with E-state index in [9.17, 15) is 4.79 Å². The third-order valence-electron chi connectivity index (χ3n) is 4.58. The smallest absolute Gasteiger partial charge is 0.412 e. The van der Waals surface area contributed by atoms with Crippen molar-refractivity contribution >= 4 is 28.4 Å². The number of benzene rings is 3. The standard InChI is InChI=1S/C24H21N3O4/c1-29-23-14-20-19(22(11-12-26-20)31-18-9-7-17(25)8-10-18)13-21(23)27-24(28)30-15-16-5-3-2-4-6-16/h2-14H,15,25H2,1H3,(H,27,28). The van der Waals surface area contributed by atoms with E-state index in [1.807, 2.05) is 30.3 Å². The van der Waals surface area contributed by atoms with Gasteiger partial charge in [-0.2, -0.15) is 0 Å². The normalized spacial score (nSPS) is 10.5. The number of carbonyl (C=O) groups is 1. The predicted molar refractivity (Wildman–Crippen MR) is 119 cm³/mol. The molecule has 4 rings (SSSR count). The van der Waals surface area contributed by atoms with E-state index in [2.05, 4.69) is 10.3 Å². The quantitative estimate of drug-likeness (QED) is 0.411. The van der Waals surface area contributed by atoms with Crippen molar-refractivity contribution < 1.29 is 19.0 Å². The van der Waals surface area contributed by atoms with E-state index in [1.54, 1.807) is 48.7 Å². The number of rotatable bonds is 6. The van der Waals surface area contributed by atoms with Gasteiger partial charge >= 0.3 is 6.09 Å². The lowest BCUT2D eigenvalue weighted by Crippen LogP contribution is -2.14. The number of carbonyl (C=O) groups excluding carboxylic acids is 1. The molecule has 4 aromatic rings. The molecule has 156 valence electrons. The van der Waals surface area contributed by atoms with Crippen LogP contribution in [0.3, 0.4) is 0 Å². The average molecular weight is 415 g/mol. The Morgan fingerprint density at radius 3 is 2.52 bits per heavy atom. The number of pyridine rings is 1. The summed E-state index contributed by atoms with van der Waals surface area (Å²) < 4.78 is 16.7. The molecule has 3 aromatic carbocycles. The summed E-state index contributed by atoms with van der Waals surface area (Å²) in [6.45, 7) is 0.162. The maximum absolute atomic E-state index is 12.4. The van der Waals surface area contributed by atoms with Gasteiger partial charge in [0.1, 0.15) is 23.9 Å². The van der Waals surface area contributed by atoms with E-state index in [0.717, 1.165) is 5.56 Å². The van der Waals surface area contributed by atoms with Crippen LogP contribution in [0, 0.1) is 0 Å². The minimum atomic E-state index is -0.591. The lowest BCUT2D eigenvalue weighted by Gasteiger charge is -2.14. The van der Waals surface area contributed by atoms with Crippen LogP contribution in [0.15, 0.2) is 79.0 Å². The van der Waals surface area contributed by atoms with Crippen molar-refractivity contribution in [2.24, 2.45) is 0 Å². The zero-order valence-corrected chi connectivity index (χ0v) is 16.9. The highest BCUT2D eigenvalue weighted by Crippen LogP contribution is 2.36. The number of amides is 1. The second-order valence-electron chi connectivity index (χ2n) is 6.74. The third kappa shape index (κ3) is 4.84. The first-order valence-electron chi connectivity index (χ1n) is 9.60. The van der Waals surface area contributed by atoms with Crippen molar-refractivity contribution in [1.29, 1.82) is 0 Å². The summed E-state index contributed by atoms with van der Waals surface area (Å²) in [6, 6.07) is 21.8. The summed E-state index contributed by atoms with van der Waals surface area (Å²) in [5.41, 5.74) is 8.39. The summed E-state index contributed by atoms with van der Waals surface area (Å²) in [7, 11) is 1.52. The molecule has 31 heavy (non-hydrogen) atoms. The van der Waals surface area contributed by atoms with Crippen LogP contribution in [0.2, 0.25) is 0 Å². The number of hydrogen-bond donors (Lipinski definition) is 2. The molecule has 1 aromatic heterocycles. The Hall–Kier alpha value is -4.26. The number of hydrogen-bond acceptors (Lipinski definition) is 6. The van der Waals surface area contributed by atoms with Gasteiger partial charge in [0.15, 0.2) is 0 Å². The summed E-state index contributed by atoms with van der Waals surface area (Å²) in [5.74, 6) is 1.67. The van der Waals surface area contributed by atoms with Crippen molar-refractivity contribution in [3.05, 3.63) is 84.6 Å². The largest absolute Gasteiger partial charge is 0.494 e. The first kappa shape index (κ1) is 20.0. The number of nitrogens with one attached hydrogen (secondary N) is 1. The van der Waals surface area contributed by atoms with Gasteiger partial charge in [-0.05, 0) is 42.0 Å². The maximum atomic E-state index is 12.4. The van der Waals surface area contributed by atoms with Crippen LogP contribution in [0.4, 0.5) is 16.2 Å². The zero-order valence-electron chi connectivity index (χ0n) is 16.9. The molecule has 0 bridgehead atoms. The molecule has 1 amide bonds. The molecule has 0 radical (unpaired) electrons. The van der Waals surface area contributed by atoms with E-state index >= 15 is 0 Å². The van der Waals surface area contributed by atoms with E-state index < -0.39 is 6.09 Å². The molecule has 0 aliphatic carbocycles. The highest BCUT2D eigenvalue weighted by atomic mass is 16.5. The SMILES string of the molecule is COc1cc2nccc(Oc3ccc(N)cc3)c2cc1NC(=O)OCc1ccccc1. The number of methoxy groups -OCH3 is 1. The van der Waals surface area contributed by atoms with Gasteiger partial charge in [0.05, 0.1) is 18.3 Å². The second kappa shape index (κ2) is 9.04. The molecule has 7 heteroatoms. The predicted octanol–water partition coefficient (Wildman–Crippen LogP) is 5.37. The highest BCUT2D eigenvalue weighted by molar-refractivity contribution is 5.95. The lowest BCUT2D eigenvalue weighted by atomic mass is 10.1. The van der Waals surface area contributed by atoms with Crippen LogP contribution < -0.4 is 20.5 Å². The van der Waals surface area contributed by atoms with Gasteiger partial charge in [0.25, 0.3) is 0 Å². The number of aromatic nitrogens is 1. The molecule has 0 unspecified atom stereocenters. The Balaban J connectivity index is 1.58. The van der Waals surface area contributed by atoms with Gasteiger partial charge in [-0.3, -0.25) is 10.3 Å². The lowest BCUT2D eigenvalue weighted by molar-refractivity contribution is 0.155. The average Bonchev–Trinajstić information content (AvgIpc) is 2.80. The molecule has 0 saturated heterocycles. The Morgan fingerprint density at radius 2 is 1.77 bits per heavy atom. The van der Waals surface area contributed by atoms with Crippen LogP contribution in [0.5, 0.6) is 17.2 Å². The number of fused-ring (bicyclic) bond motifs is 1. The van der Waals surface area contributed by atoms with Crippen molar-refractivity contribution in [3.8, 4) is 17.2 Å². The van der Waals surface area contributed by atoms with Gasteiger partial charge < -0.3 is 19.9 Å². The van der Waals surface area contributed by atoms with E-state index in [1.165, 1.54) is 7.11 Å². The minimum Gasteiger partial charge on any atom is -0.494 e. The monoisotopic (exact) mass is 415 g/mol. The molecule has 3 N–H and O–H groups in total. The Labute approximate surface area is 179 Å². The minimum absolute atomic E-state index is 0.162. The van der Waals surface area contributed by atoms with E-state index in [-0.39, 0.29) is 6.61 Å². The van der Waals surface area contributed by atoms with Crippen molar-refractivity contribution in [2.75, 3.05) is 18.2 Å². The molecule has 0 spiro atoms. The van der Waals surface area contributed by atoms with Gasteiger partial charge in [0.2, 0.25) is 0 Å². The van der Waals surface area contributed by atoms with Crippen LogP contribution in [0.25, 0.3) is 10.9 Å². The summed E-state index contributed by atoms with van der Waals surface area (Å²) in [6.07, 6.45) is 1.06. The summed E-state index contributed by atoms with van der Waals surface area (Å²) >= 11 is 0. The van der Waals surface area contributed by atoms with E-state index in [0.29, 0.717) is 39.5 Å².